The van der Waals surface area contributed by atoms with Crippen LogP contribution >= 0.6 is 0 Å². The smallest absolute Gasteiger partial charge is 0.387 e. The molecule has 0 aliphatic heterocycles. The SMILES string of the molecule is CCOc1cc(C(O)C(C)(C#N)CC)ccc1OC(F)F. The molecule has 2 atom stereocenters. The van der Waals surface area contributed by atoms with Crippen molar-refractivity contribution in [1.82, 2.24) is 0 Å². The molecule has 4 nitrogen and oxygen atoms in total. The predicted molar refractivity (Wildman–Crippen MR) is 73.2 cm³/mol. The van der Waals surface area contributed by atoms with Crippen molar-refractivity contribution < 1.29 is 23.4 Å². The molecule has 0 heterocycles. The van der Waals surface area contributed by atoms with Gasteiger partial charge in [-0.15, -0.1) is 0 Å². The topological polar surface area (TPSA) is 62.5 Å². The number of nitrogens with zero attached hydrogens (tertiary/aromatic N) is 1. The van der Waals surface area contributed by atoms with Gasteiger partial charge in [0.1, 0.15) is 0 Å². The maximum absolute atomic E-state index is 12.3. The lowest BCUT2D eigenvalue weighted by Gasteiger charge is -2.27. The number of alkyl halides is 2. The first-order valence-corrected chi connectivity index (χ1v) is 6.68. The van der Waals surface area contributed by atoms with Gasteiger partial charge in [0.25, 0.3) is 0 Å². The summed E-state index contributed by atoms with van der Waals surface area (Å²) in [5, 5.41) is 19.5. The number of rotatable bonds is 7. The Balaban J connectivity index is 3.16. The fourth-order valence-corrected chi connectivity index (χ4v) is 1.86. The molecule has 116 valence electrons. The van der Waals surface area contributed by atoms with Crippen LogP contribution in [0.25, 0.3) is 0 Å². The van der Waals surface area contributed by atoms with E-state index in [0.29, 0.717) is 12.0 Å². The van der Waals surface area contributed by atoms with Crippen LogP contribution in [0, 0.1) is 16.7 Å². The summed E-state index contributed by atoms with van der Waals surface area (Å²) in [4.78, 5) is 0. The van der Waals surface area contributed by atoms with Crippen LogP contribution in [0.5, 0.6) is 11.5 Å². The van der Waals surface area contributed by atoms with Gasteiger partial charge in [0, 0.05) is 0 Å². The third-order valence-corrected chi connectivity index (χ3v) is 3.39. The minimum atomic E-state index is -2.96. The summed E-state index contributed by atoms with van der Waals surface area (Å²) in [5.74, 6) is 0.0173. The van der Waals surface area contributed by atoms with Gasteiger partial charge in [0.2, 0.25) is 0 Å². The molecule has 21 heavy (non-hydrogen) atoms. The molecule has 2 unspecified atom stereocenters. The van der Waals surface area contributed by atoms with Crippen molar-refractivity contribution >= 4 is 0 Å². The maximum Gasteiger partial charge on any atom is 0.387 e. The normalized spacial score (nSPS) is 15.1. The van der Waals surface area contributed by atoms with E-state index in [1.807, 2.05) is 0 Å². The number of hydrogen-bond acceptors (Lipinski definition) is 4. The number of hydrogen-bond donors (Lipinski definition) is 1. The van der Waals surface area contributed by atoms with E-state index in [4.69, 9.17) is 4.74 Å². The molecule has 0 aliphatic carbocycles. The van der Waals surface area contributed by atoms with Gasteiger partial charge in [-0.05, 0) is 38.0 Å². The van der Waals surface area contributed by atoms with E-state index in [-0.39, 0.29) is 18.1 Å². The first kappa shape index (κ1) is 17.2. The third-order valence-electron chi connectivity index (χ3n) is 3.39. The zero-order valence-corrected chi connectivity index (χ0v) is 12.3. The first-order valence-electron chi connectivity index (χ1n) is 6.68. The van der Waals surface area contributed by atoms with Crippen LogP contribution in [0.15, 0.2) is 18.2 Å². The van der Waals surface area contributed by atoms with Gasteiger partial charge >= 0.3 is 6.61 Å². The molecule has 0 bridgehead atoms. The van der Waals surface area contributed by atoms with Gasteiger partial charge in [0.15, 0.2) is 11.5 Å². The Bertz CT molecular complexity index is 516. The lowest BCUT2D eigenvalue weighted by molar-refractivity contribution is -0.0515. The second-order valence-electron chi connectivity index (χ2n) is 4.80. The van der Waals surface area contributed by atoms with Crippen molar-refractivity contribution in [3.8, 4) is 17.6 Å². The highest BCUT2D eigenvalue weighted by Crippen LogP contribution is 2.39. The van der Waals surface area contributed by atoms with Gasteiger partial charge in [0.05, 0.1) is 24.2 Å². The number of aliphatic hydroxyl groups is 1. The van der Waals surface area contributed by atoms with Crippen LogP contribution in [0.4, 0.5) is 8.78 Å². The Morgan fingerprint density at radius 1 is 1.33 bits per heavy atom. The monoisotopic (exact) mass is 299 g/mol. The summed E-state index contributed by atoms with van der Waals surface area (Å²) >= 11 is 0. The minimum absolute atomic E-state index is 0.0991. The average molecular weight is 299 g/mol. The Labute approximate surface area is 122 Å². The number of nitriles is 1. The number of benzene rings is 1. The highest BCUT2D eigenvalue weighted by Gasteiger charge is 2.33. The fraction of sp³-hybridized carbons (Fsp3) is 0.533. The molecule has 0 fully saturated rings. The number of aliphatic hydroxyl groups excluding tert-OH is 1. The predicted octanol–water partition coefficient (Wildman–Crippen LogP) is 3.66. The minimum Gasteiger partial charge on any atom is -0.490 e. The lowest BCUT2D eigenvalue weighted by Crippen LogP contribution is -2.23. The second kappa shape index (κ2) is 7.23. The fourth-order valence-electron chi connectivity index (χ4n) is 1.86. The van der Waals surface area contributed by atoms with Crippen molar-refractivity contribution in [2.24, 2.45) is 5.41 Å². The molecular weight excluding hydrogens is 280 g/mol. The van der Waals surface area contributed by atoms with Crippen molar-refractivity contribution in [1.29, 1.82) is 5.26 Å². The molecule has 1 aromatic rings. The first-order chi connectivity index (χ1) is 9.87. The van der Waals surface area contributed by atoms with Crippen LogP contribution in [-0.4, -0.2) is 18.3 Å². The number of ether oxygens (including phenoxy) is 2. The van der Waals surface area contributed by atoms with Crippen molar-refractivity contribution in [2.45, 2.75) is 39.9 Å². The van der Waals surface area contributed by atoms with E-state index < -0.39 is 18.1 Å². The molecule has 0 saturated carbocycles. The van der Waals surface area contributed by atoms with E-state index in [9.17, 15) is 19.1 Å². The Kier molecular flexibility index (Phi) is 5.91. The highest BCUT2D eigenvalue weighted by molar-refractivity contribution is 5.44. The van der Waals surface area contributed by atoms with E-state index >= 15 is 0 Å². The molecule has 0 amide bonds. The van der Waals surface area contributed by atoms with Crippen LogP contribution in [0.3, 0.4) is 0 Å². The van der Waals surface area contributed by atoms with Gasteiger partial charge < -0.3 is 14.6 Å². The van der Waals surface area contributed by atoms with Crippen LogP contribution in [-0.2, 0) is 0 Å². The van der Waals surface area contributed by atoms with E-state index in [1.54, 1.807) is 20.8 Å². The third kappa shape index (κ3) is 4.05. The molecule has 1 aromatic carbocycles. The summed E-state index contributed by atoms with van der Waals surface area (Å²) in [6.45, 7) is 2.45. The van der Waals surface area contributed by atoms with E-state index in [0.717, 1.165) is 0 Å². The molecule has 0 aromatic heterocycles. The Morgan fingerprint density at radius 3 is 2.48 bits per heavy atom. The molecule has 6 heteroatoms. The summed E-state index contributed by atoms with van der Waals surface area (Å²) in [6.07, 6.45) is -0.600. The standard InChI is InChI=1S/C15H19F2NO3/c1-4-15(3,9-18)13(19)10-6-7-11(21-14(16)17)12(8-10)20-5-2/h6-8,13-14,19H,4-5H2,1-3H3. The van der Waals surface area contributed by atoms with E-state index in [1.165, 1.54) is 18.2 Å². The van der Waals surface area contributed by atoms with Gasteiger partial charge in [-0.25, -0.2) is 0 Å². The van der Waals surface area contributed by atoms with E-state index in [2.05, 4.69) is 10.8 Å². The molecule has 0 spiro atoms. The molecule has 0 aliphatic rings. The molecule has 0 radical (unpaired) electrons. The van der Waals surface area contributed by atoms with Gasteiger partial charge in [-0.3, -0.25) is 0 Å². The lowest BCUT2D eigenvalue weighted by atomic mass is 9.80. The Hall–Kier alpha value is -1.87. The van der Waals surface area contributed by atoms with Crippen LogP contribution < -0.4 is 9.47 Å². The van der Waals surface area contributed by atoms with Crippen LogP contribution in [0.2, 0.25) is 0 Å². The van der Waals surface area contributed by atoms with Crippen molar-refractivity contribution in [3.63, 3.8) is 0 Å². The largest absolute Gasteiger partial charge is 0.490 e. The molecular formula is C15H19F2NO3. The van der Waals surface area contributed by atoms with Crippen molar-refractivity contribution in [3.05, 3.63) is 23.8 Å². The second-order valence-corrected chi connectivity index (χ2v) is 4.80. The zero-order chi connectivity index (χ0) is 16.0. The molecule has 1 rings (SSSR count). The van der Waals surface area contributed by atoms with Crippen molar-refractivity contribution in [2.75, 3.05) is 6.61 Å². The Morgan fingerprint density at radius 2 is 2.00 bits per heavy atom. The number of halogens is 2. The maximum atomic E-state index is 12.3. The van der Waals surface area contributed by atoms with Crippen LogP contribution in [0.1, 0.15) is 38.9 Å². The average Bonchev–Trinajstić information content (AvgIpc) is 2.47. The highest BCUT2D eigenvalue weighted by atomic mass is 19.3. The zero-order valence-electron chi connectivity index (χ0n) is 12.3. The summed E-state index contributed by atoms with van der Waals surface area (Å²) in [6, 6.07) is 6.27. The summed E-state index contributed by atoms with van der Waals surface area (Å²) in [5.41, 5.74) is -0.542. The molecule has 1 N–H and O–H groups in total. The van der Waals surface area contributed by atoms with Gasteiger partial charge in [-0.2, -0.15) is 14.0 Å². The molecule has 0 saturated heterocycles. The summed E-state index contributed by atoms with van der Waals surface area (Å²) in [7, 11) is 0. The summed E-state index contributed by atoms with van der Waals surface area (Å²) < 4.78 is 34.3. The van der Waals surface area contributed by atoms with Gasteiger partial charge in [-0.1, -0.05) is 13.0 Å². The quantitative estimate of drug-likeness (QED) is 0.834.